The van der Waals surface area contributed by atoms with Gasteiger partial charge in [-0.05, 0) is 29.6 Å². The lowest BCUT2D eigenvalue weighted by Crippen LogP contribution is -2.13. The van der Waals surface area contributed by atoms with Gasteiger partial charge in [0.15, 0.2) is 0 Å². The maximum atomic E-state index is 11.6. The number of nitrogens with one attached hydrogen (secondary N) is 1. The molecule has 1 aliphatic rings. The van der Waals surface area contributed by atoms with Crippen molar-refractivity contribution in [2.24, 2.45) is 4.99 Å². The number of carbonyl (C=O) groups is 1. The first-order valence-corrected chi connectivity index (χ1v) is 6.68. The zero-order chi connectivity index (χ0) is 12.5. The lowest BCUT2D eigenvalue weighted by Gasteiger charge is -2.08. The quantitative estimate of drug-likeness (QED) is 0.854. The van der Waals surface area contributed by atoms with Crippen molar-refractivity contribution in [2.45, 2.75) is 0 Å². The monoisotopic (exact) mass is 276 g/mol. The summed E-state index contributed by atoms with van der Waals surface area (Å²) < 4.78 is 0. The molecule has 0 bridgehead atoms. The number of aliphatic imine (C=N–C) groups is 1. The van der Waals surface area contributed by atoms with Gasteiger partial charge in [0.25, 0.3) is 0 Å². The number of halogens is 1. The molecule has 3 rings (SSSR count). The third-order valence-electron chi connectivity index (χ3n) is 2.65. The molecular weight excluding hydrogens is 268 g/mol. The Morgan fingerprint density at radius 2 is 2.22 bits per heavy atom. The van der Waals surface area contributed by atoms with Crippen LogP contribution in [0.5, 0.6) is 0 Å². The third kappa shape index (κ3) is 2.05. The predicted octanol–water partition coefficient (Wildman–Crippen LogP) is 3.19. The summed E-state index contributed by atoms with van der Waals surface area (Å²) in [6, 6.07) is 9.36. The molecule has 0 saturated heterocycles. The van der Waals surface area contributed by atoms with E-state index in [-0.39, 0.29) is 12.5 Å². The van der Waals surface area contributed by atoms with E-state index in [9.17, 15) is 4.79 Å². The van der Waals surface area contributed by atoms with Crippen LogP contribution in [0.25, 0.3) is 0 Å². The van der Waals surface area contributed by atoms with E-state index >= 15 is 0 Å². The van der Waals surface area contributed by atoms with Gasteiger partial charge >= 0.3 is 0 Å². The molecule has 1 amide bonds. The van der Waals surface area contributed by atoms with Crippen molar-refractivity contribution >= 4 is 40.2 Å². The van der Waals surface area contributed by atoms with Crippen LogP contribution < -0.4 is 5.32 Å². The van der Waals surface area contributed by atoms with Gasteiger partial charge in [0.1, 0.15) is 6.54 Å². The molecule has 2 heterocycles. The Bertz CT molecular complexity index is 634. The molecule has 0 fully saturated rings. The highest BCUT2D eigenvalue weighted by molar-refractivity contribution is 7.12. The molecule has 0 radical (unpaired) electrons. The minimum atomic E-state index is -0.106. The second-order valence-corrected chi connectivity index (χ2v) is 5.26. The predicted molar refractivity (Wildman–Crippen MR) is 74.9 cm³/mol. The Morgan fingerprint density at radius 3 is 3.00 bits per heavy atom. The van der Waals surface area contributed by atoms with Crippen LogP contribution in [0.15, 0.2) is 40.7 Å². The average molecular weight is 277 g/mol. The summed E-state index contributed by atoms with van der Waals surface area (Å²) in [5.74, 6) is -0.106. The van der Waals surface area contributed by atoms with Crippen LogP contribution in [0.3, 0.4) is 0 Å². The lowest BCUT2D eigenvalue weighted by molar-refractivity contribution is -0.114. The number of fused-ring (bicyclic) bond motifs is 1. The zero-order valence-corrected chi connectivity index (χ0v) is 10.9. The summed E-state index contributed by atoms with van der Waals surface area (Å²) in [5.41, 5.74) is 2.45. The number of benzene rings is 1. The van der Waals surface area contributed by atoms with Crippen LogP contribution in [0.1, 0.15) is 10.4 Å². The van der Waals surface area contributed by atoms with Gasteiger partial charge in [-0.2, -0.15) is 0 Å². The first kappa shape index (κ1) is 11.4. The smallest absolute Gasteiger partial charge is 0.246 e. The standard InChI is InChI=1S/C13H9ClN2OS/c14-8-3-4-10-9(6-8)13(11-2-1-5-18-11)15-7-12(17)16-10/h1-6H,7H2,(H,16,17). The molecule has 0 saturated carbocycles. The number of amides is 1. The lowest BCUT2D eigenvalue weighted by atomic mass is 10.1. The number of hydrogen-bond acceptors (Lipinski definition) is 3. The largest absolute Gasteiger partial charge is 0.324 e. The number of benzodiazepines with no additional fused rings is 1. The van der Waals surface area contributed by atoms with E-state index in [0.29, 0.717) is 5.02 Å². The van der Waals surface area contributed by atoms with Crippen LogP contribution in [0.4, 0.5) is 5.69 Å². The Morgan fingerprint density at radius 1 is 1.33 bits per heavy atom. The van der Waals surface area contributed by atoms with E-state index < -0.39 is 0 Å². The van der Waals surface area contributed by atoms with Gasteiger partial charge in [-0.1, -0.05) is 17.7 Å². The highest BCUT2D eigenvalue weighted by atomic mass is 35.5. The normalized spacial score (nSPS) is 14.5. The fourth-order valence-corrected chi connectivity index (χ4v) is 2.79. The number of thiophene rings is 1. The van der Waals surface area contributed by atoms with Crippen LogP contribution in [0, 0.1) is 0 Å². The first-order valence-electron chi connectivity index (χ1n) is 5.42. The van der Waals surface area contributed by atoms with Gasteiger partial charge in [-0.15, -0.1) is 11.3 Å². The molecule has 3 nitrogen and oxygen atoms in total. The Balaban J connectivity index is 2.20. The maximum Gasteiger partial charge on any atom is 0.246 e. The fourth-order valence-electron chi connectivity index (χ4n) is 1.87. The SMILES string of the molecule is O=C1CN=C(c2cccs2)c2cc(Cl)ccc2N1. The molecule has 0 spiro atoms. The van der Waals surface area contributed by atoms with Crippen molar-refractivity contribution in [1.82, 2.24) is 0 Å². The van der Waals surface area contributed by atoms with Crippen LogP contribution in [0.2, 0.25) is 5.02 Å². The second-order valence-electron chi connectivity index (χ2n) is 3.88. The summed E-state index contributed by atoms with van der Waals surface area (Å²) >= 11 is 7.63. The van der Waals surface area contributed by atoms with Crippen molar-refractivity contribution in [3.63, 3.8) is 0 Å². The Kier molecular flexibility index (Phi) is 2.89. The minimum Gasteiger partial charge on any atom is -0.324 e. The van der Waals surface area contributed by atoms with Crippen molar-refractivity contribution in [3.8, 4) is 0 Å². The van der Waals surface area contributed by atoms with Gasteiger partial charge in [0.05, 0.1) is 16.3 Å². The van der Waals surface area contributed by atoms with Crippen LogP contribution in [-0.2, 0) is 4.79 Å². The highest BCUT2D eigenvalue weighted by Crippen LogP contribution is 2.27. The van der Waals surface area contributed by atoms with Crippen molar-refractivity contribution in [2.75, 3.05) is 11.9 Å². The average Bonchev–Trinajstić information content (AvgIpc) is 2.81. The highest BCUT2D eigenvalue weighted by Gasteiger charge is 2.18. The number of rotatable bonds is 1. The molecular formula is C13H9ClN2OS. The molecule has 2 aromatic rings. The number of hydrogen-bond donors (Lipinski definition) is 1. The van der Waals surface area contributed by atoms with E-state index in [4.69, 9.17) is 11.6 Å². The summed E-state index contributed by atoms with van der Waals surface area (Å²) in [6.45, 7) is 0.138. The maximum absolute atomic E-state index is 11.6. The van der Waals surface area contributed by atoms with E-state index in [1.54, 1.807) is 17.4 Å². The molecule has 18 heavy (non-hydrogen) atoms. The first-order chi connectivity index (χ1) is 8.74. The van der Waals surface area contributed by atoms with Crippen molar-refractivity contribution in [1.29, 1.82) is 0 Å². The Hall–Kier alpha value is -1.65. The molecule has 1 aromatic carbocycles. The number of carbonyl (C=O) groups excluding carboxylic acids is 1. The summed E-state index contributed by atoms with van der Waals surface area (Å²) in [5, 5.41) is 5.46. The van der Waals surface area contributed by atoms with Gasteiger partial charge in [-0.25, -0.2) is 0 Å². The van der Waals surface area contributed by atoms with E-state index in [0.717, 1.165) is 21.8 Å². The summed E-state index contributed by atoms with van der Waals surface area (Å²) in [6.07, 6.45) is 0. The second kappa shape index (κ2) is 4.55. The summed E-state index contributed by atoms with van der Waals surface area (Å²) in [4.78, 5) is 17.0. The zero-order valence-electron chi connectivity index (χ0n) is 9.31. The third-order valence-corrected chi connectivity index (χ3v) is 3.76. The number of nitrogens with zero attached hydrogens (tertiary/aromatic N) is 1. The van der Waals surface area contributed by atoms with Gasteiger partial charge < -0.3 is 5.32 Å². The molecule has 1 aromatic heterocycles. The summed E-state index contributed by atoms with van der Waals surface area (Å²) in [7, 11) is 0. The van der Waals surface area contributed by atoms with Crippen LogP contribution >= 0.6 is 22.9 Å². The van der Waals surface area contributed by atoms with Gasteiger partial charge in [0.2, 0.25) is 5.91 Å². The minimum absolute atomic E-state index is 0.106. The molecule has 0 aliphatic carbocycles. The molecule has 0 atom stereocenters. The number of anilines is 1. The Labute approximate surface area is 113 Å². The van der Waals surface area contributed by atoms with Crippen molar-refractivity contribution in [3.05, 3.63) is 51.2 Å². The topological polar surface area (TPSA) is 41.5 Å². The van der Waals surface area contributed by atoms with Gasteiger partial charge in [-0.3, -0.25) is 9.79 Å². The van der Waals surface area contributed by atoms with E-state index in [1.807, 2.05) is 29.6 Å². The fraction of sp³-hybridized carbons (Fsp3) is 0.0769. The molecule has 5 heteroatoms. The molecule has 1 N–H and O–H groups in total. The van der Waals surface area contributed by atoms with Gasteiger partial charge in [0, 0.05) is 10.6 Å². The van der Waals surface area contributed by atoms with E-state index in [1.165, 1.54) is 0 Å². The van der Waals surface area contributed by atoms with E-state index in [2.05, 4.69) is 10.3 Å². The molecule has 0 unspecified atom stereocenters. The van der Waals surface area contributed by atoms with Crippen molar-refractivity contribution < 1.29 is 4.79 Å². The van der Waals surface area contributed by atoms with Crippen LogP contribution in [-0.4, -0.2) is 18.2 Å². The molecule has 1 aliphatic heterocycles. The molecule has 90 valence electrons.